The van der Waals surface area contributed by atoms with Crippen molar-refractivity contribution >= 4 is 21.4 Å². The van der Waals surface area contributed by atoms with E-state index in [0.29, 0.717) is 12.5 Å². The first kappa shape index (κ1) is 11.6. The van der Waals surface area contributed by atoms with Crippen LogP contribution in [0.15, 0.2) is 18.2 Å². The van der Waals surface area contributed by atoms with Crippen molar-refractivity contribution in [2.75, 3.05) is 0 Å². The highest BCUT2D eigenvalue weighted by Gasteiger charge is 2.13. The van der Waals surface area contributed by atoms with Gasteiger partial charge in [-0.25, -0.2) is 0 Å². The molecular weight excluding hydrogens is 214 g/mol. The second-order valence-electron chi connectivity index (χ2n) is 4.76. The SMILES string of the molecule is Cc1cccc2c(CC(C)C)c(CN)sc12. The molecule has 0 spiro atoms. The quantitative estimate of drug-likeness (QED) is 0.855. The number of rotatable bonds is 3. The monoisotopic (exact) mass is 233 g/mol. The van der Waals surface area contributed by atoms with E-state index in [-0.39, 0.29) is 0 Å². The fourth-order valence-corrected chi connectivity index (χ4v) is 3.33. The topological polar surface area (TPSA) is 26.0 Å². The molecule has 1 nitrogen and oxygen atoms in total. The number of hydrogen-bond donors (Lipinski definition) is 1. The van der Waals surface area contributed by atoms with Gasteiger partial charge in [0.05, 0.1) is 0 Å². The number of fused-ring (bicyclic) bond motifs is 1. The molecule has 1 aromatic heterocycles. The Hall–Kier alpha value is -0.860. The van der Waals surface area contributed by atoms with Crippen LogP contribution in [0.25, 0.3) is 10.1 Å². The summed E-state index contributed by atoms with van der Waals surface area (Å²) in [6.45, 7) is 7.37. The first-order valence-corrected chi connectivity index (χ1v) is 6.65. The van der Waals surface area contributed by atoms with E-state index in [1.807, 2.05) is 11.3 Å². The van der Waals surface area contributed by atoms with Crippen molar-refractivity contribution in [3.05, 3.63) is 34.2 Å². The third-order valence-electron chi connectivity index (χ3n) is 2.90. The van der Waals surface area contributed by atoms with Crippen LogP contribution in [0.3, 0.4) is 0 Å². The molecule has 0 saturated carbocycles. The standard InChI is InChI=1S/C14H19NS/c1-9(2)7-12-11-6-4-5-10(3)14(11)16-13(12)8-15/h4-6,9H,7-8,15H2,1-3H3. The highest BCUT2D eigenvalue weighted by Crippen LogP contribution is 2.34. The van der Waals surface area contributed by atoms with Crippen LogP contribution in [0.4, 0.5) is 0 Å². The first-order chi connectivity index (χ1) is 7.63. The number of aryl methyl sites for hydroxylation is 1. The van der Waals surface area contributed by atoms with Crippen LogP contribution in [0.1, 0.15) is 29.9 Å². The molecule has 0 saturated heterocycles. The molecule has 0 bridgehead atoms. The van der Waals surface area contributed by atoms with Crippen molar-refractivity contribution in [3.63, 3.8) is 0 Å². The summed E-state index contributed by atoms with van der Waals surface area (Å²) < 4.78 is 1.42. The summed E-state index contributed by atoms with van der Waals surface area (Å²) in [6.07, 6.45) is 1.13. The van der Waals surface area contributed by atoms with E-state index in [4.69, 9.17) is 5.73 Å². The summed E-state index contributed by atoms with van der Waals surface area (Å²) in [5, 5.41) is 1.42. The Morgan fingerprint density at radius 3 is 2.69 bits per heavy atom. The van der Waals surface area contributed by atoms with Gasteiger partial charge in [0.15, 0.2) is 0 Å². The molecule has 0 aliphatic rings. The van der Waals surface area contributed by atoms with Crippen LogP contribution in [0.2, 0.25) is 0 Å². The molecule has 2 N–H and O–H groups in total. The van der Waals surface area contributed by atoms with E-state index < -0.39 is 0 Å². The average Bonchev–Trinajstić information content (AvgIpc) is 2.58. The Labute approximate surface area is 101 Å². The van der Waals surface area contributed by atoms with Gasteiger partial charge in [0.25, 0.3) is 0 Å². The summed E-state index contributed by atoms with van der Waals surface area (Å²) >= 11 is 1.87. The molecule has 16 heavy (non-hydrogen) atoms. The van der Waals surface area contributed by atoms with Gasteiger partial charge in [-0.15, -0.1) is 11.3 Å². The molecule has 1 heterocycles. The maximum atomic E-state index is 5.85. The van der Waals surface area contributed by atoms with Crippen molar-refractivity contribution in [3.8, 4) is 0 Å². The Morgan fingerprint density at radius 2 is 2.06 bits per heavy atom. The van der Waals surface area contributed by atoms with Gasteiger partial charge in [0.2, 0.25) is 0 Å². The van der Waals surface area contributed by atoms with E-state index in [9.17, 15) is 0 Å². The molecule has 0 amide bonds. The fourth-order valence-electron chi connectivity index (χ4n) is 2.16. The predicted octanol–water partition coefficient (Wildman–Crippen LogP) is 3.87. The van der Waals surface area contributed by atoms with Crippen molar-refractivity contribution in [2.24, 2.45) is 11.7 Å². The Morgan fingerprint density at radius 1 is 1.31 bits per heavy atom. The smallest absolute Gasteiger partial charge is 0.0378 e. The molecule has 2 aromatic rings. The normalized spacial score (nSPS) is 11.6. The van der Waals surface area contributed by atoms with Crippen molar-refractivity contribution in [2.45, 2.75) is 33.7 Å². The van der Waals surface area contributed by atoms with Crippen LogP contribution < -0.4 is 5.73 Å². The van der Waals surface area contributed by atoms with Gasteiger partial charge >= 0.3 is 0 Å². The molecule has 1 aromatic carbocycles. The summed E-state index contributed by atoms with van der Waals surface area (Å²) in [5.74, 6) is 0.684. The van der Waals surface area contributed by atoms with Gasteiger partial charge in [-0.3, -0.25) is 0 Å². The van der Waals surface area contributed by atoms with E-state index >= 15 is 0 Å². The lowest BCUT2D eigenvalue weighted by atomic mass is 9.99. The van der Waals surface area contributed by atoms with Gasteiger partial charge in [0, 0.05) is 16.1 Å². The molecule has 86 valence electrons. The van der Waals surface area contributed by atoms with Crippen LogP contribution in [-0.4, -0.2) is 0 Å². The zero-order valence-electron chi connectivity index (χ0n) is 10.2. The van der Waals surface area contributed by atoms with Crippen LogP contribution in [-0.2, 0) is 13.0 Å². The number of nitrogens with two attached hydrogens (primary N) is 1. The Bertz CT molecular complexity index is 497. The molecule has 0 radical (unpaired) electrons. The zero-order chi connectivity index (χ0) is 11.7. The lowest BCUT2D eigenvalue weighted by molar-refractivity contribution is 0.647. The second kappa shape index (κ2) is 4.56. The molecule has 2 heteroatoms. The Kier molecular flexibility index (Phi) is 3.31. The first-order valence-electron chi connectivity index (χ1n) is 5.83. The highest BCUT2D eigenvalue weighted by molar-refractivity contribution is 7.19. The minimum atomic E-state index is 0.668. The van der Waals surface area contributed by atoms with Gasteiger partial charge < -0.3 is 5.73 Å². The van der Waals surface area contributed by atoms with Crippen molar-refractivity contribution < 1.29 is 0 Å². The predicted molar refractivity (Wildman–Crippen MR) is 73.0 cm³/mol. The molecule has 0 unspecified atom stereocenters. The van der Waals surface area contributed by atoms with Gasteiger partial charge in [-0.05, 0) is 35.8 Å². The summed E-state index contributed by atoms with van der Waals surface area (Å²) in [4.78, 5) is 1.36. The molecule has 0 aliphatic carbocycles. The lowest BCUT2D eigenvalue weighted by Crippen LogP contribution is -2.00. The number of hydrogen-bond acceptors (Lipinski definition) is 2. The van der Waals surface area contributed by atoms with Crippen LogP contribution in [0.5, 0.6) is 0 Å². The molecule has 2 rings (SSSR count). The second-order valence-corrected chi connectivity index (χ2v) is 5.86. The van der Waals surface area contributed by atoms with Gasteiger partial charge in [-0.2, -0.15) is 0 Å². The molecule has 0 aliphatic heterocycles. The molecule has 0 atom stereocenters. The largest absolute Gasteiger partial charge is 0.326 e. The minimum Gasteiger partial charge on any atom is -0.326 e. The Balaban J connectivity index is 2.64. The number of benzene rings is 1. The average molecular weight is 233 g/mol. The summed E-state index contributed by atoms with van der Waals surface area (Å²) in [5.41, 5.74) is 8.69. The zero-order valence-corrected chi connectivity index (χ0v) is 11.0. The van der Waals surface area contributed by atoms with E-state index in [2.05, 4.69) is 39.0 Å². The summed E-state index contributed by atoms with van der Waals surface area (Å²) in [7, 11) is 0. The molecular formula is C14H19NS. The summed E-state index contributed by atoms with van der Waals surface area (Å²) in [6, 6.07) is 6.56. The number of thiophene rings is 1. The van der Waals surface area contributed by atoms with Crippen molar-refractivity contribution in [1.82, 2.24) is 0 Å². The van der Waals surface area contributed by atoms with E-state index in [0.717, 1.165) is 6.42 Å². The molecule has 0 fully saturated rings. The van der Waals surface area contributed by atoms with Crippen LogP contribution in [0, 0.1) is 12.8 Å². The van der Waals surface area contributed by atoms with Crippen molar-refractivity contribution in [1.29, 1.82) is 0 Å². The van der Waals surface area contributed by atoms with Gasteiger partial charge in [-0.1, -0.05) is 32.0 Å². The maximum absolute atomic E-state index is 5.85. The fraction of sp³-hybridized carbons (Fsp3) is 0.429. The van der Waals surface area contributed by atoms with E-state index in [1.54, 1.807) is 0 Å². The minimum absolute atomic E-state index is 0.668. The highest BCUT2D eigenvalue weighted by atomic mass is 32.1. The van der Waals surface area contributed by atoms with Gasteiger partial charge in [0.1, 0.15) is 0 Å². The maximum Gasteiger partial charge on any atom is 0.0378 e. The lowest BCUT2D eigenvalue weighted by Gasteiger charge is -2.06. The third-order valence-corrected chi connectivity index (χ3v) is 4.30. The van der Waals surface area contributed by atoms with Crippen LogP contribution >= 0.6 is 11.3 Å². The third kappa shape index (κ3) is 2.00. The van der Waals surface area contributed by atoms with E-state index in [1.165, 1.54) is 26.1 Å².